The maximum Gasteiger partial charge on any atom is 0.335 e. The van der Waals surface area contributed by atoms with E-state index in [4.69, 9.17) is 9.84 Å². The third kappa shape index (κ3) is 6.69. The molecule has 0 amide bonds. The molecule has 0 aliphatic carbocycles. The molecule has 35 heavy (non-hydrogen) atoms. The van der Waals surface area contributed by atoms with Crippen LogP contribution in [0, 0.1) is 12.8 Å². The maximum absolute atomic E-state index is 13.3. The highest BCUT2D eigenvalue weighted by Crippen LogP contribution is 2.41. The smallest absolute Gasteiger partial charge is 0.335 e. The molecular weight excluding hydrogens is 436 g/mol. The van der Waals surface area contributed by atoms with Gasteiger partial charge in [0.25, 0.3) is 0 Å². The molecule has 1 N–H and O–H groups in total. The second kappa shape index (κ2) is 10.7. The zero-order valence-corrected chi connectivity index (χ0v) is 21.4. The van der Waals surface area contributed by atoms with Crippen LogP contribution in [0.4, 0.5) is 0 Å². The lowest BCUT2D eigenvalue weighted by Crippen LogP contribution is -2.17. The van der Waals surface area contributed by atoms with Gasteiger partial charge in [0.1, 0.15) is 5.75 Å². The molecule has 3 rings (SSSR count). The van der Waals surface area contributed by atoms with E-state index in [-0.39, 0.29) is 16.8 Å². The van der Waals surface area contributed by atoms with Gasteiger partial charge in [0.2, 0.25) is 0 Å². The van der Waals surface area contributed by atoms with Crippen molar-refractivity contribution in [3.05, 3.63) is 94.6 Å². The summed E-state index contributed by atoms with van der Waals surface area (Å²) in [4.78, 5) is 24.3. The molecular formula is C31H34O4. The van der Waals surface area contributed by atoms with Crippen LogP contribution in [0.5, 0.6) is 5.75 Å². The zero-order chi connectivity index (χ0) is 25.8. The van der Waals surface area contributed by atoms with Crippen LogP contribution < -0.4 is 4.74 Å². The maximum atomic E-state index is 13.3. The summed E-state index contributed by atoms with van der Waals surface area (Å²) in [6.45, 7) is 13.2. The van der Waals surface area contributed by atoms with E-state index in [1.807, 2.05) is 19.1 Å². The Morgan fingerprint density at radius 1 is 0.943 bits per heavy atom. The molecule has 0 bridgehead atoms. The number of aromatic carboxylic acids is 1. The number of carbonyl (C=O) groups excluding carboxylic acids is 1. The van der Waals surface area contributed by atoms with Crippen molar-refractivity contribution in [2.24, 2.45) is 5.92 Å². The quantitative estimate of drug-likeness (QED) is 0.272. The molecule has 0 aliphatic rings. The normalized spacial score (nSPS) is 11.7. The van der Waals surface area contributed by atoms with Gasteiger partial charge in [-0.15, -0.1) is 0 Å². The summed E-state index contributed by atoms with van der Waals surface area (Å²) >= 11 is 0. The van der Waals surface area contributed by atoms with Crippen molar-refractivity contribution in [1.29, 1.82) is 0 Å². The van der Waals surface area contributed by atoms with Gasteiger partial charge >= 0.3 is 5.97 Å². The van der Waals surface area contributed by atoms with Gasteiger partial charge < -0.3 is 9.84 Å². The summed E-state index contributed by atoms with van der Waals surface area (Å²) in [5.74, 6) is 0.0848. The zero-order valence-electron chi connectivity index (χ0n) is 21.4. The molecule has 0 aromatic heterocycles. The van der Waals surface area contributed by atoms with Crippen LogP contribution in [0.2, 0.25) is 0 Å². The highest BCUT2D eigenvalue weighted by atomic mass is 16.5. The minimum absolute atomic E-state index is 0.124. The van der Waals surface area contributed by atoms with Gasteiger partial charge in [-0.05, 0) is 59.7 Å². The molecule has 3 aromatic rings. The molecule has 0 unspecified atom stereocenters. The van der Waals surface area contributed by atoms with E-state index in [1.54, 1.807) is 18.2 Å². The van der Waals surface area contributed by atoms with Crippen molar-refractivity contribution >= 4 is 17.8 Å². The summed E-state index contributed by atoms with van der Waals surface area (Å²) < 4.78 is 6.36. The van der Waals surface area contributed by atoms with Crippen molar-refractivity contribution in [3.63, 3.8) is 0 Å². The molecule has 0 atom stereocenters. The Balaban J connectivity index is 2.08. The van der Waals surface area contributed by atoms with Gasteiger partial charge in [0.05, 0.1) is 12.2 Å². The van der Waals surface area contributed by atoms with Crippen molar-refractivity contribution in [1.82, 2.24) is 0 Å². The largest absolute Gasteiger partial charge is 0.492 e. The van der Waals surface area contributed by atoms with Crippen molar-refractivity contribution in [3.8, 4) is 16.9 Å². The highest BCUT2D eigenvalue weighted by Gasteiger charge is 2.25. The van der Waals surface area contributed by atoms with Crippen LogP contribution in [0.25, 0.3) is 17.2 Å². The van der Waals surface area contributed by atoms with Gasteiger partial charge in [-0.2, -0.15) is 0 Å². The van der Waals surface area contributed by atoms with Crippen LogP contribution in [-0.2, 0) is 5.41 Å². The average Bonchev–Trinajstić information content (AvgIpc) is 2.80. The second-order valence-corrected chi connectivity index (χ2v) is 10.3. The van der Waals surface area contributed by atoms with Gasteiger partial charge in [-0.25, -0.2) is 4.79 Å². The molecule has 0 heterocycles. The van der Waals surface area contributed by atoms with E-state index < -0.39 is 5.97 Å². The van der Waals surface area contributed by atoms with Gasteiger partial charge in [-0.3, -0.25) is 4.79 Å². The Morgan fingerprint density at radius 2 is 1.57 bits per heavy atom. The number of carbonyl (C=O) groups is 2. The van der Waals surface area contributed by atoms with Crippen molar-refractivity contribution in [2.45, 2.75) is 47.0 Å². The predicted octanol–water partition coefficient (Wildman–Crippen LogP) is 7.59. The van der Waals surface area contributed by atoms with E-state index in [0.717, 1.165) is 28.0 Å². The number of carboxylic acid groups (broad SMARTS) is 1. The van der Waals surface area contributed by atoms with Crippen molar-refractivity contribution < 1.29 is 19.4 Å². The van der Waals surface area contributed by atoms with E-state index in [2.05, 4.69) is 58.9 Å². The molecule has 0 saturated heterocycles. The molecule has 4 heteroatoms. The van der Waals surface area contributed by atoms with Crippen LogP contribution in [0.3, 0.4) is 0 Å². The number of hydrogen-bond donors (Lipinski definition) is 1. The number of ether oxygens (including phenoxy) is 1. The first kappa shape index (κ1) is 26.0. The van der Waals surface area contributed by atoms with E-state index in [0.29, 0.717) is 18.1 Å². The molecule has 0 aliphatic heterocycles. The van der Waals surface area contributed by atoms with Crippen LogP contribution in [0.1, 0.15) is 72.0 Å². The fourth-order valence-corrected chi connectivity index (χ4v) is 3.69. The summed E-state index contributed by atoms with van der Waals surface area (Å²) in [7, 11) is 0. The Hall–Kier alpha value is -3.66. The Morgan fingerprint density at radius 3 is 2.11 bits per heavy atom. The minimum Gasteiger partial charge on any atom is -0.492 e. The lowest BCUT2D eigenvalue weighted by atomic mass is 9.82. The number of ketones is 1. The first-order valence-corrected chi connectivity index (χ1v) is 11.9. The van der Waals surface area contributed by atoms with Crippen LogP contribution in [0.15, 0.2) is 66.7 Å². The monoisotopic (exact) mass is 470 g/mol. The molecule has 182 valence electrons. The molecule has 0 saturated carbocycles. The van der Waals surface area contributed by atoms with Gasteiger partial charge in [0, 0.05) is 16.7 Å². The highest BCUT2D eigenvalue weighted by molar-refractivity contribution is 6.08. The van der Waals surface area contributed by atoms with Crippen LogP contribution >= 0.6 is 0 Å². The molecule has 0 radical (unpaired) electrons. The van der Waals surface area contributed by atoms with E-state index in [1.165, 1.54) is 23.8 Å². The van der Waals surface area contributed by atoms with E-state index >= 15 is 0 Å². The van der Waals surface area contributed by atoms with Crippen LogP contribution in [-0.4, -0.2) is 23.5 Å². The average molecular weight is 471 g/mol. The Kier molecular flexibility index (Phi) is 7.96. The number of aryl methyl sites for hydroxylation is 1. The molecule has 0 spiro atoms. The molecule has 4 nitrogen and oxygen atoms in total. The van der Waals surface area contributed by atoms with Gasteiger partial charge in [0.15, 0.2) is 5.78 Å². The SMILES string of the molecule is Cc1ccc(-c2cc(C(=O)C=Cc3ccc(C(=O)O)cc3)cc(C(C)(C)C)c2OCC(C)C)cc1. The van der Waals surface area contributed by atoms with Gasteiger partial charge in [-0.1, -0.05) is 82.7 Å². The standard InChI is InChI=1S/C31H34O4/c1-20(2)19-35-29-26(23-12-7-21(3)8-13-23)17-25(18-27(29)31(4,5)6)28(32)16-11-22-9-14-24(15-10-22)30(33)34/h7-18,20H,19H2,1-6H3,(H,33,34). The molecule has 3 aromatic carbocycles. The number of rotatable bonds is 8. The fourth-order valence-electron chi connectivity index (χ4n) is 3.69. The third-order valence-corrected chi connectivity index (χ3v) is 5.69. The summed E-state index contributed by atoms with van der Waals surface area (Å²) in [5.41, 5.74) is 5.37. The number of benzene rings is 3. The fraction of sp³-hybridized carbons (Fsp3) is 0.290. The number of allylic oxidation sites excluding steroid dienone is 1. The summed E-state index contributed by atoms with van der Waals surface area (Å²) in [6, 6.07) is 18.5. The first-order chi connectivity index (χ1) is 16.5. The molecule has 0 fully saturated rings. The third-order valence-electron chi connectivity index (χ3n) is 5.69. The summed E-state index contributed by atoms with van der Waals surface area (Å²) in [5, 5.41) is 9.08. The summed E-state index contributed by atoms with van der Waals surface area (Å²) in [6.07, 6.45) is 3.24. The second-order valence-electron chi connectivity index (χ2n) is 10.3. The number of carboxylic acids is 1. The predicted molar refractivity (Wildman–Crippen MR) is 142 cm³/mol. The Labute approximate surface area is 208 Å². The Bertz CT molecular complexity index is 1220. The minimum atomic E-state index is -0.977. The lowest BCUT2D eigenvalue weighted by molar-refractivity contribution is 0.0696. The lowest BCUT2D eigenvalue weighted by Gasteiger charge is -2.26. The topological polar surface area (TPSA) is 63.6 Å². The van der Waals surface area contributed by atoms with E-state index in [9.17, 15) is 9.59 Å². The van der Waals surface area contributed by atoms with Crippen molar-refractivity contribution in [2.75, 3.05) is 6.61 Å². The first-order valence-electron chi connectivity index (χ1n) is 11.9. The number of hydrogen-bond acceptors (Lipinski definition) is 3.